The summed E-state index contributed by atoms with van der Waals surface area (Å²) in [6, 6.07) is 9.16. The third kappa shape index (κ3) is 6.10. The molecule has 0 amide bonds. The third-order valence-corrected chi connectivity index (χ3v) is 7.59. The van der Waals surface area contributed by atoms with Crippen LogP contribution in [0, 0.1) is 5.82 Å². The number of ether oxygens (including phenoxy) is 3. The lowest BCUT2D eigenvalue weighted by Crippen LogP contribution is -2.65. The number of aliphatic hydroxyl groups is 4. The van der Waals surface area contributed by atoms with Gasteiger partial charge in [0, 0.05) is 10.6 Å². The van der Waals surface area contributed by atoms with Crippen LogP contribution in [-0.2, 0) is 26.5 Å². The highest BCUT2D eigenvalue weighted by atomic mass is 35.5. The van der Waals surface area contributed by atoms with Crippen molar-refractivity contribution in [2.75, 3.05) is 26.4 Å². The fourth-order valence-corrected chi connectivity index (χ4v) is 5.23. The fraction of sp³-hybridized carbons (Fsp3) is 0.519. The van der Waals surface area contributed by atoms with Crippen LogP contribution in [0.2, 0.25) is 5.02 Å². The van der Waals surface area contributed by atoms with Gasteiger partial charge in [0.1, 0.15) is 30.0 Å². The average Bonchev–Trinajstić information content (AvgIpc) is 3.59. The van der Waals surface area contributed by atoms with E-state index in [1.807, 2.05) is 0 Å². The van der Waals surface area contributed by atoms with Crippen molar-refractivity contribution in [2.45, 2.75) is 61.9 Å². The highest BCUT2D eigenvalue weighted by molar-refractivity contribution is 6.31. The van der Waals surface area contributed by atoms with Gasteiger partial charge in [0.05, 0.1) is 19.8 Å². The molecule has 8 N–H and O–H groups in total. The van der Waals surface area contributed by atoms with Crippen molar-refractivity contribution >= 4 is 17.6 Å². The Morgan fingerprint density at radius 2 is 1.95 bits per heavy atom. The summed E-state index contributed by atoms with van der Waals surface area (Å²) in [6.07, 6.45) is -2.67. The maximum absolute atomic E-state index is 14.2. The second kappa shape index (κ2) is 13.1. The lowest BCUT2D eigenvalue weighted by atomic mass is 9.83. The summed E-state index contributed by atoms with van der Waals surface area (Å²) in [5, 5.41) is 52.7. The van der Waals surface area contributed by atoms with E-state index in [0.29, 0.717) is 28.3 Å². The van der Waals surface area contributed by atoms with Crippen molar-refractivity contribution in [1.82, 2.24) is 5.32 Å². The molecule has 3 heterocycles. The number of carboxylic acid groups (broad SMARTS) is 1. The lowest BCUT2D eigenvalue weighted by molar-refractivity contribution is -0.329. The molecule has 11 nitrogen and oxygen atoms in total. The fourth-order valence-electron chi connectivity index (χ4n) is 5.04. The molecule has 6 atom stereocenters. The minimum Gasteiger partial charge on any atom is -0.491 e. The molecule has 2 aromatic carbocycles. The molecular formula is C27H35ClFNO10. The number of fused-ring (bicyclic) bond motifs is 2. The van der Waals surface area contributed by atoms with E-state index in [1.54, 1.807) is 37.3 Å². The molecule has 3 fully saturated rings. The van der Waals surface area contributed by atoms with Crippen molar-refractivity contribution < 1.29 is 54.4 Å². The summed E-state index contributed by atoms with van der Waals surface area (Å²) in [6.45, 7) is 2.15. The molecule has 0 saturated carbocycles. The molecule has 0 aromatic heterocycles. The number of aliphatic hydroxyl groups excluding tert-OH is 4. The Morgan fingerprint density at radius 1 is 1.20 bits per heavy atom. The van der Waals surface area contributed by atoms with Gasteiger partial charge in [-0.2, -0.15) is 0 Å². The SMILES string of the molecule is CCOc1ccc(Cc2cc([C@@]34OC[C@@](CO)(O3)[C@@H](O)[C@H](O)[C@H]4O)ccc2Cl)cc1F.O.O=C(O)C1CCCN1. The number of carboxylic acids is 1. The zero-order valence-corrected chi connectivity index (χ0v) is 22.6. The van der Waals surface area contributed by atoms with E-state index in [9.17, 15) is 29.6 Å². The molecule has 5 rings (SSSR count). The predicted octanol–water partition coefficient (Wildman–Crippen LogP) is 0.494. The molecule has 222 valence electrons. The normalized spacial score (nSPS) is 30.7. The van der Waals surface area contributed by atoms with Gasteiger partial charge in [0.2, 0.25) is 5.79 Å². The maximum atomic E-state index is 14.2. The summed E-state index contributed by atoms with van der Waals surface area (Å²) in [7, 11) is 0. The molecule has 3 saturated heterocycles. The number of hydrogen-bond donors (Lipinski definition) is 6. The average molecular weight is 588 g/mol. The Kier molecular flexibility index (Phi) is 10.5. The zero-order valence-electron chi connectivity index (χ0n) is 21.8. The quantitative estimate of drug-likeness (QED) is 0.266. The summed E-state index contributed by atoms with van der Waals surface area (Å²) < 4.78 is 31.0. The van der Waals surface area contributed by atoms with Gasteiger partial charge in [-0.05, 0) is 68.1 Å². The van der Waals surface area contributed by atoms with E-state index in [2.05, 4.69) is 5.32 Å². The van der Waals surface area contributed by atoms with E-state index in [4.69, 9.17) is 30.9 Å². The van der Waals surface area contributed by atoms with Gasteiger partial charge in [-0.3, -0.25) is 4.79 Å². The van der Waals surface area contributed by atoms with Crippen LogP contribution in [0.3, 0.4) is 0 Å². The Hall–Kier alpha value is -2.39. The van der Waals surface area contributed by atoms with Crippen molar-refractivity contribution in [3.8, 4) is 5.75 Å². The molecule has 3 aliphatic rings. The summed E-state index contributed by atoms with van der Waals surface area (Å²) >= 11 is 6.36. The van der Waals surface area contributed by atoms with Crippen molar-refractivity contribution in [2.24, 2.45) is 0 Å². The van der Waals surface area contributed by atoms with Crippen LogP contribution in [0.25, 0.3) is 0 Å². The van der Waals surface area contributed by atoms with Crippen LogP contribution in [0.4, 0.5) is 4.39 Å². The number of hydrogen-bond acceptors (Lipinski definition) is 9. The monoisotopic (exact) mass is 587 g/mol. The summed E-state index contributed by atoms with van der Waals surface area (Å²) in [5.74, 6) is -2.83. The third-order valence-electron chi connectivity index (χ3n) is 7.23. The van der Waals surface area contributed by atoms with Crippen molar-refractivity contribution in [3.05, 3.63) is 63.9 Å². The molecule has 1 unspecified atom stereocenters. The van der Waals surface area contributed by atoms with Gasteiger partial charge in [-0.1, -0.05) is 23.7 Å². The number of aliphatic carboxylic acids is 1. The van der Waals surface area contributed by atoms with Gasteiger partial charge < -0.3 is 50.5 Å². The standard InChI is InChI=1S/C22H24ClFO7.C5H9NO2.H2O/c1-2-29-17-6-3-12(8-16(17)24)7-13-9-14(4-5-15(13)23)22-20(28)18(26)19(27)21(10-25,31-22)11-30-22;7-5(8)4-2-1-3-6-4;/h3-6,8-9,18-20,25-28H,2,7,10-11H2,1H3;4,6H,1-3H2,(H,7,8);1H2/t18-,19-,20+,21+,22+;;/m0../s1. The molecular weight excluding hydrogens is 553 g/mol. The van der Waals surface area contributed by atoms with Gasteiger partial charge in [-0.25, -0.2) is 4.39 Å². The van der Waals surface area contributed by atoms with Gasteiger partial charge in [0.25, 0.3) is 0 Å². The van der Waals surface area contributed by atoms with Crippen LogP contribution in [0.15, 0.2) is 36.4 Å². The first-order chi connectivity index (χ1) is 18.6. The second-order valence-corrected chi connectivity index (χ2v) is 10.2. The minimum atomic E-state index is -1.79. The smallest absolute Gasteiger partial charge is 0.320 e. The molecule has 2 bridgehead atoms. The van der Waals surface area contributed by atoms with Gasteiger partial charge in [-0.15, -0.1) is 0 Å². The zero-order chi connectivity index (χ0) is 28.4. The largest absolute Gasteiger partial charge is 0.491 e. The van der Waals surface area contributed by atoms with Crippen LogP contribution in [0.5, 0.6) is 5.75 Å². The number of halogens is 2. The molecule has 2 aromatic rings. The first-order valence-electron chi connectivity index (χ1n) is 12.7. The Bertz CT molecular complexity index is 1180. The lowest BCUT2D eigenvalue weighted by Gasteiger charge is -2.46. The maximum Gasteiger partial charge on any atom is 0.320 e. The van der Waals surface area contributed by atoms with Crippen LogP contribution in [0.1, 0.15) is 36.5 Å². The van der Waals surface area contributed by atoms with E-state index in [1.165, 1.54) is 6.07 Å². The van der Waals surface area contributed by atoms with E-state index in [-0.39, 0.29) is 30.3 Å². The first kappa shape index (κ1) is 32.1. The molecule has 0 radical (unpaired) electrons. The van der Waals surface area contributed by atoms with Crippen LogP contribution >= 0.6 is 11.6 Å². The molecule has 0 spiro atoms. The molecule has 3 aliphatic heterocycles. The Morgan fingerprint density at radius 3 is 2.52 bits per heavy atom. The second-order valence-electron chi connectivity index (χ2n) is 9.83. The van der Waals surface area contributed by atoms with E-state index in [0.717, 1.165) is 19.4 Å². The van der Waals surface area contributed by atoms with Gasteiger partial charge in [0.15, 0.2) is 11.6 Å². The van der Waals surface area contributed by atoms with Crippen molar-refractivity contribution in [1.29, 1.82) is 0 Å². The summed E-state index contributed by atoms with van der Waals surface area (Å²) in [4.78, 5) is 10.1. The van der Waals surface area contributed by atoms with E-state index >= 15 is 0 Å². The van der Waals surface area contributed by atoms with E-state index < -0.39 is 48.1 Å². The Balaban J connectivity index is 0.000000423. The highest BCUT2D eigenvalue weighted by Gasteiger charge is 2.67. The van der Waals surface area contributed by atoms with Crippen LogP contribution < -0.4 is 10.1 Å². The summed E-state index contributed by atoms with van der Waals surface area (Å²) in [5.41, 5.74) is 0.0530. The Labute approximate surface area is 235 Å². The highest BCUT2D eigenvalue weighted by Crippen LogP contribution is 2.49. The predicted molar refractivity (Wildman–Crippen MR) is 141 cm³/mol. The molecule has 40 heavy (non-hydrogen) atoms. The topological polar surface area (TPSA) is 189 Å². The first-order valence-corrected chi connectivity index (χ1v) is 13.1. The molecule has 13 heteroatoms. The number of nitrogens with one attached hydrogen (secondary N) is 1. The van der Waals surface area contributed by atoms with Crippen molar-refractivity contribution in [3.63, 3.8) is 0 Å². The number of rotatable bonds is 7. The number of benzene rings is 2. The molecule has 0 aliphatic carbocycles. The van der Waals surface area contributed by atoms with Gasteiger partial charge >= 0.3 is 5.97 Å². The minimum absolute atomic E-state index is 0. The number of carbonyl (C=O) groups is 1. The van der Waals surface area contributed by atoms with Crippen LogP contribution in [-0.4, -0.2) is 93.3 Å².